The van der Waals surface area contributed by atoms with E-state index in [4.69, 9.17) is 0 Å². The number of carbonyl (C=O) groups excluding carboxylic acids is 1. The number of aromatic nitrogens is 5. The van der Waals surface area contributed by atoms with Crippen molar-refractivity contribution < 1.29 is 4.79 Å². The molecule has 0 aromatic carbocycles. The molecule has 3 aromatic heterocycles. The second-order valence-corrected chi connectivity index (χ2v) is 6.71. The van der Waals surface area contributed by atoms with Gasteiger partial charge in [-0.2, -0.15) is 0 Å². The lowest BCUT2D eigenvalue weighted by atomic mass is 9.97. The van der Waals surface area contributed by atoms with Crippen LogP contribution in [-0.2, 0) is 4.79 Å². The minimum atomic E-state index is -0.101. The largest absolute Gasteiger partial charge is 0.354 e. The number of nitrogens with zero attached hydrogens (tertiary/aromatic N) is 6. The van der Waals surface area contributed by atoms with Gasteiger partial charge in [-0.25, -0.2) is 9.97 Å². The van der Waals surface area contributed by atoms with Crippen LogP contribution in [0.4, 0.5) is 11.6 Å². The molecule has 0 spiro atoms. The fraction of sp³-hybridized carbons (Fsp3) is 0.316. The Balaban J connectivity index is 1.42. The predicted molar refractivity (Wildman–Crippen MR) is 102 cm³/mol. The SMILES string of the molecule is Cc1ccnc(NC(=O)[C@@H]2CCCN(c3ccc(-n4ccnc4)nn3)C2)c1. The maximum absolute atomic E-state index is 12.6. The van der Waals surface area contributed by atoms with E-state index in [-0.39, 0.29) is 11.8 Å². The third-order valence-electron chi connectivity index (χ3n) is 4.69. The van der Waals surface area contributed by atoms with E-state index < -0.39 is 0 Å². The molecule has 4 heterocycles. The number of carbonyl (C=O) groups is 1. The fourth-order valence-electron chi connectivity index (χ4n) is 3.25. The molecule has 27 heavy (non-hydrogen) atoms. The summed E-state index contributed by atoms with van der Waals surface area (Å²) in [6, 6.07) is 7.62. The van der Waals surface area contributed by atoms with Crippen LogP contribution >= 0.6 is 0 Å². The van der Waals surface area contributed by atoms with E-state index in [1.165, 1.54) is 0 Å². The van der Waals surface area contributed by atoms with Crippen LogP contribution in [0.5, 0.6) is 0 Å². The standard InChI is InChI=1S/C19H21N7O/c1-14-6-7-21-16(11-14)22-19(27)15-3-2-9-25(12-15)17-4-5-18(24-23-17)26-10-8-20-13-26/h4-8,10-11,13,15H,2-3,9,12H2,1H3,(H,21,22,27)/t15-/m1/s1. The number of hydrogen-bond acceptors (Lipinski definition) is 6. The van der Waals surface area contributed by atoms with E-state index in [2.05, 4.69) is 30.4 Å². The molecule has 1 amide bonds. The maximum Gasteiger partial charge on any atom is 0.230 e. The smallest absolute Gasteiger partial charge is 0.230 e. The van der Waals surface area contributed by atoms with Crippen molar-refractivity contribution in [2.45, 2.75) is 19.8 Å². The Hall–Kier alpha value is -3.29. The van der Waals surface area contributed by atoms with Crippen LogP contribution in [0, 0.1) is 12.8 Å². The number of rotatable bonds is 4. The van der Waals surface area contributed by atoms with Gasteiger partial charge in [0.05, 0.1) is 5.92 Å². The van der Waals surface area contributed by atoms with Gasteiger partial charge >= 0.3 is 0 Å². The van der Waals surface area contributed by atoms with Crippen molar-refractivity contribution in [3.63, 3.8) is 0 Å². The van der Waals surface area contributed by atoms with Crippen molar-refractivity contribution in [2.75, 3.05) is 23.3 Å². The van der Waals surface area contributed by atoms with Gasteiger partial charge in [-0.1, -0.05) is 0 Å². The summed E-state index contributed by atoms with van der Waals surface area (Å²) in [5.41, 5.74) is 1.07. The summed E-state index contributed by atoms with van der Waals surface area (Å²) in [4.78, 5) is 23.0. The van der Waals surface area contributed by atoms with E-state index in [0.29, 0.717) is 18.2 Å². The highest BCUT2D eigenvalue weighted by Gasteiger charge is 2.27. The average molecular weight is 363 g/mol. The van der Waals surface area contributed by atoms with Gasteiger partial charge in [-0.3, -0.25) is 9.36 Å². The van der Waals surface area contributed by atoms with Crippen LogP contribution in [-0.4, -0.2) is 43.7 Å². The minimum absolute atomic E-state index is 0.000736. The molecule has 1 N–H and O–H groups in total. The Morgan fingerprint density at radius 1 is 1.19 bits per heavy atom. The molecule has 0 radical (unpaired) electrons. The third-order valence-corrected chi connectivity index (χ3v) is 4.69. The van der Waals surface area contributed by atoms with Gasteiger partial charge in [-0.05, 0) is 49.6 Å². The Labute approximate surface area is 157 Å². The summed E-state index contributed by atoms with van der Waals surface area (Å²) in [7, 11) is 0. The van der Waals surface area contributed by atoms with Crippen molar-refractivity contribution >= 4 is 17.5 Å². The summed E-state index contributed by atoms with van der Waals surface area (Å²) < 4.78 is 1.80. The first-order chi connectivity index (χ1) is 13.2. The monoisotopic (exact) mass is 363 g/mol. The molecule has 1 aliphatic rings. The zero-order valence-corrected chi connectivity index (χ0v) is 15.1. The lowest BCUT2D eigenvalue weighted by Crippen LogP contribution is -2.41. The van der Waals surface area contributed by atoms with Gasteiger partial charge in [0, 0.05) is 31.7 Å². The number of aryl methyl sites for hydroxylation is 1. The van der Waals surface area contributed by atoms with Crippen LogP contribution in [0.25, 0.3) is 5.82 Å². The Kier molecular flexibility index (Phi) is 4.78. The van der Waals surface area contributed by atoms with Gasteiger partial charge in [0.2, 0.25) is 5.91 Å². The molecular weight excluding hydrogens is 342 g/mol. The summed E-state index contributed by atoms with van der Waals surface area (Å²) in [5, 5.41) is 11.5. The van der Waals surface area contributed by atoms with Crippen LogP contribution in [0.1, 0.15) is 18.4 Å². The van der Waals surface area contributed by atoms with E-state index in [0.717, 1.165) is 30.8 Å². The van der Waals surface area contributed by atoms with E-state index in [1.54, 1.807) is 23.3 Å². The van der Waals surface area contributed by atoms with Gasteiger partial charge < -0.3 is 10.2 Å². The number of nitrogens with one attached hydrogen (secondary N) is 1. The predicted octanol–water partition coefficient (Wildman–Crippen LogP) is 2.22. The molecule has 1 fully saturated rings. The van der Waals surface area contributed by atoms with Crippen molar-refractivity contribution in [1.82, 2.24) is 24.7 Å². The molecule has 1 aliphatic heterocycles. The third kappa shape index (κ3) is 3.94. The molecule has 0 bridgehead atoms. The molecule has 8 nitrogen and oxygen atoms in total. The molecule has 4 rings (SSSR count). The van der Waals surface area contributed by atoms with Crippen molar-refractivity contribution in [1.29, 1.82) is 0 Å². The van der Waals surface area contributed by atoms with Gasteiger partial charge in [0.15, 0.2) is 11.6 Å². The highest BCUT2D eigenvalue weighted by atomic mass is 16.2. The number of imidazole rings is 1. The van der Waals surface area contributed by atoms with Gasteiger partial charge in [0.1, 0.15) is 12.1 Å². The first-order valence-electron chi connectivity index (χ1n) is 8.99. The molecule has 0 saturated carbocycles. The second-order valence-electron chi connectivity index (χ2n) is 6.71. The summed E-state index contributed by atoms with van der Waals surface area (Å²) in [5.74, 6) is 2.00. The molecule has 0 unspecified atom stereocenters. The number of pyridine rings is 1. The van der Waals surface area contributed by atoms with Gasteiger partial charge in [-0.15, -0.1) is 10.2 Å². The molecule has 138 valence electrons. The maximum atomic E-state index is 12.6. The average Bonchev–Trinajstić information content (AvgIpc) is 3.23. The first kappa shape index (κ1) is 17.1. The second kappa shape index (κ2) is 7.53. The van der Waals surface area contributed by atoms with Crippen molar-refractivity contribution in [2.24, 2.45) is 5.92 Å². The van der Waals surface area contributed by atoms with E-state index in [1.807, 2.05) is 37.4 Å². The molecule has 1 saturated heterocycles. The zero-order chi connectivity index (χ0) is 18.6. The Morgan fingerprint density at radius 3 is 2.78 bits per heavy atom. The fourth-order valence-corrected chi connectivity index (χ4v) is 3.25. The Morgan fingerprint density at radius 2 is 2.04 bits per heavy atom. The first-order valence-corrected chi connectivity index (χ1v) is 8.99. The number of amides is 1. The molecular formula is C19H21N7O. The normalized spacial score (nSPS) is 16.9. The van der Waals surface area contributed by atoms with Gasteiger partial charge in [0.25, 0.3) is 0 Å². The summed E-state index contributed by atoms with van der Waals surface area (Å²) in [6.45, 7) is 3.47. The van der Waals surface area contributed by atoms with E-state index >= 15 is 0 Å². The lowest BCUT2D eigenvalue weighted by molar-refractivity contribution is -0.120. The topological polar surface area (TPSA) is 88.8 Å². The van der Waals surface area contributed by atoms with E-state index in [9.17, 15) is 4.79 Å². The quantitative estimate of drug-likeness (QED) is 0.765. The minimum Gasteiger partial charge on any atom is -0.354 e. The van der Waals surface area contributed by atoms with Crippen LogP contribution in [0.2, 0.25) is 0 Å². The summed E-state index contributed by atoms with van der Waals surface area (Å²) >= 11 is 0. The number of anilines is 2. The van der Waals surface area contributed by atoms with Crippen LogP contribution in [0.3, 0.4) is 0 Å². The molecule has 3 aromatic rings. The number of hydrogen-bond donors (Lipinski definition) is 1. The van der Waals surface area contributed by atoms with Crippen molar-refractivity contribution in [3.05, 3.63) is 54.7 Å². The lowest BCUT2D eigenvalue weighted by Gasteiger charge is -2.32. The van der Waals surface area contributed by atoms with Crippen LogP contribution < -0.4 is 10.2 Å². The molecule has 8 heteroatoms. The highest BCUT2D eigenvalue weighted by Crippen LogP contribution is 2.23. The summed E-state index contributed by atoms with van der Waals surface area (Å²) in [6.07, 6.45) is 8.70. The molecule has 0 aliphatic carbocycles. The zero-order valence-electron chi connectivity index (χ0n) is 15.1. The molecule has 1 atom stereocenters. The highest BCUT2D eigenvalue weighted by molar-refractivity contribution is 5.92. The Bertz CT molecular complexity index is 908. The van der Waals surface area contributed by atoms with Crippen LogP contribution in [0.15, 0.2) is 49.2 Å². The number of piperidine rings is 1. The van der Waals surface area contributed by atoms with Crippen molar-refractivity contribution in [3.8, 4) is 5.82 Å².